The molecule has 0 radical (unpaired) electrons. The molecule has 2 unspecified atom stereocenters. The highest BCUT2D eigenvalue weighted by Gasteiger charge is 2.33. The Morgan fingerprint density at radius 3 is 2.71 bits per heavy atom. The minimum Gasteiger partial charge on any atom is -0.447 e. The van der Waals surface area contributed by atoms with Gasteiger partial charge in [0.05, 0.1) is 10.5 Å². The second-order valence-corrected chi connectivity index (χ2v) is 8.91. The van der Waals surface area contributed by atoms with E-state index in [4.69, 9.17) is 21.3 Å². The lowest BCUT2D eigenvalue weighted by molar-refractivity contribution is 0.0669. The summed E-state index contributed by atoms with van der Waals surface area (Å²) in [6.45, 7) is 4.19. The molecule has 4 rings (SSSR count). The van der Waals surface area contributed by atoms with Crippen LogP contribution in [0.1, 0.15) is 48.7 Å². The Kier molecular flexibility index (Phi) is 6.32. The molecule has 2 atom stereocenters. The van der Waals surface area contributed by atoms with E-state index < -0.39 is 12.8 Å². The van der Waals surface area contributed by atoms with Crippen molar-refractivity contribution in [2.45, 2.75) is 38.6 Å². The minimum absolute atomic E-state index is 0.0406. The highest BCUT2D eigenvalue weighted by Crippen LogP contribution is 2.41. The number of aromatic nitrogens is 1. The summed E-state index contributed by atoms with van der Waals surface area (Å²) >= 11 is 6.45. The fourth-order valence-electron chi connectivity index (χ4n) is 4.09. The molecule has 2 aromatic rings. The summed E-state index contributed by atoms with van der Waals surface area (Å²) in [5.74, 6) is 0.407. The zero-order valence-corrected chi connectivity index (χ0v) is 18.6. The molecule has 8 heteroatoms. The van der Waals surface area contributed by atoms with Gasteiger partial charge >= 0.3 is 6.09 Å². The molecule has 166 valence electrons. The zero-order chi connectivity index (χ0) is 22.1. The fraction of sp³-hybridized carbons (Fsp3) is 0.522. The van der Waals surface area contributed by atoms with Crippen molar-refractivity contribution < 1.29 is 18.7 Å². The Bertz CT molecular complexity index is 997. The molecule has 2 fully saturated rings. The SMILES string of the molecule is CC1CN(C(=O)OCCF)CCN(C(=O)c2ccc3c(Cl)cc(C4CC4)nc3c2)C1C. The van der Waals surface area contributed by atoms with E-state index in [1.807, 2.05) is 32.0 Å². The smallest absolute Gasteiger partial charge is 0.409 e. The van der Waals surface area contributed by atoms with Gasteiger partial charge in [-0.3, -0.25) is 9.78 Å². The summed E-state index contributed by atoms with van der Waals surface area (Å²) in [4.78, 5) is 33.7. The van der Waals surface area contributed by atoms with Crippen molar-refractivity contribution in [2.75, 3.05) is 32.9 Å². The second-order valence-electron chi connectivity index (χ2n) is 8.50. The van der Waals surface area contributed by atoms with Gasteiger partial charge in [0.25, 0.3) is 5.91 Å². The molecule has 1 aliphatic carbocycles. The Morgan fingerprint density at radius 2 is 2.00 bits per heavy atom. The molecule has 1 aromatic heterocycles. The molecular formula is C23H27ClFN3O3. The predicted octanol–water partition coefficient (Wildman–Crippen LogP) is 4.65. The van der Waals surface area contributed by atoms with E-state index in [9.17, 15) is 14.0 Å². The van der Waals surface area contributed by atoms with Gasteiger partial charge in [0.1, 0.15) is 13.3 Å². The normalized spacial score (nSPS) is 21.8. The van der Waals surface area contributed by atoms with Crippen LogP contribution in [-0.4, -0.2) is 65.7 Å². The Morgan fingerprint density at radius 1 is 1.23 bits per heavy atom. The Labute approximate surface area is 186 Å². The molecule has 6 nitrogen and oxygen atoms in total. The number of hydrogen-bond donors (Lipinski definition) is 0. The van der Waals surface area contributed by atoms with Crippen molar-refractivity contribution in [3.8, 4) is 0 Å². The summed E-state index contributed by atoms with van der Waals surface area (Å²) in [5.41, 5.74) is 2.27. The molecule has 2 heterocycles. The van der Waals surface area contributed by atoms with Gasteiger partial charge in [-0.15, -0.1) is 0 Å². The molecule has 0 N–H and O–H groups in total. The van der Waals surface area contributed by atoms with E-state index in [1.54, 1.807) is 15.9 Å². The average Bonchev–Trinajstić information content (AvgIpc) is 3.61. The van der Waals surface area contributed by atoms with E-state index in [-0.39, 0.29) is 24.5 Å². The van der Waals surface area contributed by atoms with Crippen LogP contribution in [0.15, 0.2) is 24.3 Å². The van der Waals surface area contributed by atoms with Crippen LogP contribution in [0.25, 0.3) is 10.9 Å². The average molecular weight is 448 g/mol. The van der Waals surface area contributed by atoms with E-state index >= 15 is 0 Å². The van der Waals surface area contributed by atoms with Crippen LogP contribution >= 0.6 is 11.6 Å². The molecule has 1 aromatic carbocycles. The first-order chi connectivity index (χ1) is 14.9. The number of benzene rings is 1. The third kappa shape index (κ3) is 4.61. The fourth-order valence-corrected chi connectivity index (χ4v) is 4.36. The van der Waals surface area contributed by atoms with Crippen LogP contribution in [0.3, 0.4) is 0 Å². The van der Waals surface area contributed by atoms with Crippen molar-refractivity contribution in [3.05, 3.63) is 40.5 Å². The van der Waals surface area contributed by atoms with Gasteiger partial charge in [-0.25, -0.2) is 9.18 Å². The number of amides is 2. The number of halogens is 2. The minimum atomic E-state index is -0.710. The van der Waals surface area contributed by atoms with Crippen LogP contribution < -0.4 is 0 Å². The quantitative estimate of drug-likeness (QED) is 0.684. The maximum Gasteiger partial charge on any atom is 0.409 e. The lowest BCUT2D eigenvalue weighted by Crippen LogP contribution is -2.42. The molecule has 2 aliphatic rings. The van der Waals surface area contributed by atoms with Crippen LogP contribution in [0.2, 0.25) is 5.02 Å². The largest absolute Gasteiger partial charge is 0.447 e. The summed E-state index contributed by atoms with van der Waals surface area (Å²) in [7, 11) is 0. The van der Waals surface area contributed by atoms with Crippen molar-refractivity contribution in [2.24, 2.45) is 5.92 Å². The predicted molar refractivity (Wildman–Crippen MR) is 117 cm³/mol. The van der Waals surface area contributed by atoms with Crippen molar-refractivity contribution in [3.63, 3.8) is 0 Å². The summed E-state index contributed by atoms with van der Waals surface area (Å²) < 4.78 is 17.3. The number of ether oxygens (including phenoxy) is 1. The number of fused-ring (bicyclic) bond motifs is 1. The van der Waals surface area contributed by atoms with Crippen LogP contribution in [-0.2, 0) is 4.74 Å². The molecule has 1 saturated heterocycles. The van der Waals surface area contributed by atoms with E-state index in [1.165, 1.54) is 0 Å². The number of pyridine rings is 1. The Balaban J connectivity index is 1.56. The lowest BCUT2D eigenvalue weighted by atomic mass is 10.0. The van der Waals surface area contributed by atoms with Gasteiger partial charge in [-0.2, -0.15) is 0 Å². The molecular weight excluding hydrogens is 421 g/mol. The highest BCUT2D eigenvalue weighted by molar-refractivity contribution is 6.35. The molecule has 1 aliphatic heterocycles. The van der Waals surface area contributed by atoms with Crippen molar-refractivity contribution in [1.29, 1.82) is 0 Å². The number of carbonyl (C=O) groups excluding carboxylic acids is 2. The van der Waals surface area contributed by atoms with Gasteiger partial charge in [-0.05, 0) is 43.9 Å². The van der Waals surface area contributed by atoms with Gasteiger partial charge in [0, 0.05) is 48.2 Å². The molecule has 31 heavy (non-hydrogen) atoms. The molecule has 0 spiro atoms. The number of rotatable bonds is 4. The van der Waals surface area contributed by atoms with Crippen LogP contribution in [0.4, 0.5) is 9.18 Å². The van der Waals surface area contributed by atoms with E-state index in [0.717, 1.165) is 29.4 Å². The number of nitrogens with zero attached hydrogens (tertiary/aromatic N) is 3. The lowest BCUT2D eigenvalue weighted by Gasteiger charge is -2.30. The second kappa shape index (κ2) is 8.99. The maximum atomic E-state index is 13.4. The molecule has 1 saturated carbocycles. The van der Waals surface area contributed by atoms with Gasteiger partial charge in [0.2, 0.25) is 0 Å². The highest BCUT2D eigenvalue weighted by atomic mass is 35.5. The summed E-state index contributed by atoms with van der Waals surface area (Å²) in [6.07, 6.45) is 1.71. The van der Waals surface area contributed by atoms with E-state index in [2.05, 4.69) is 0 Å². The first-order valence-corrected chi connectivity index (χ1v) is 11.2. The third-order valence-corrected chi connectivity index (χ3v) is 6.59. The van der Waals surface area contributed by atoms with Crippen molar-refractivity contribution >= 4 is 34.5 Å². The van der Waals surface area contributed by atoms with Gasteiger partial charge < -0.3 is 14.5 Å². The number of alkyl halides is 1. The Hall–Kier alpha value is -2.41. The van der Waals surface area contributed by atoms with E-state index in [0.29, 0.717) is 36.1 Å². The number of hydrogen-bond acceptors (Lipinski definition) is 4. The maximum absolute atomic E-state index is 13.4. The van der Waals surface area contributed by atoms with Crippen molar-refractivity contribution in [1.82, 2.24) is 14.8 Å². The first-order valence-electron chi connectivity index (χ1n) is 10.8. The van der Waals surface area contributed by atoms with Crippen LogP contribution in [0, 0.1) is 5.92 Å². The summed E-state index contributed by atoms with van der Waals surface area (Å²) in [6, 6.07) is 7.30. The summed E-state index contributed by atoms with van der Waals surface area (Å²) in [5, 5.41) is 1.49. The monoisotopic (exact) mass is 447 g/mol. The standard InChI is InChI=1S/C23H27ClFN3O3/c1-14-13-27(23(30)31-10-7-25)8-9-28(15(14)2)22(29)17-5-6-18-19(24)12-20(16-3-4-16)26-21(18)11-17/h5-6,11-12,14-16H,3-4,7-10,13H2,1-2H3. The zero-order valence-electron chi connectivity index (χ0n) is 17.8. The van der Waals surface area contributed by atoms with Gasteiger partial charge in [-0.1, -0.05) is 24.6 Å². The topological polar surface area (TPSA) is 62.7 Å². The molecule has 0 bridgehead atoms. The first kappa shape index (κ1) is 21.8. The number of carbonyl (C=O) groups is 2. The van der Waals surface area contributed by atoms with Crippen LogP contribution in [0.5, 0.6) is 0 Å². The molecule has 2 amide bonds. The third-order valence-electron chi connectivity index (χ3n) is 6.28. The van der Waals surface area contributed by atoms with Gasteiger partial charge in [0.15, 0.2) is 0 Å².